The Labute approximate surface area is 179 Å². The zero-order valence-electron chi connectivity index (χ0n) is 16.7. The van der Waals surface area contributed by atoms with Gasteiger partial charge in [0.25, 0.3) is 15.9 Å². The van der Waals surface area contributed by atoms with E-state index in [-0.39, 0.29) is 16.1 Å². The average Bonchev–Trinajstić information content (AvgIpc) is 2.79. The number of halogens is 1. The number of amides is 1. The first kappa shape index (κ1) is 22.0. The second-order valence-electron chi connectivity index (χ2n) is 6.47. The van der Waals surface area contributed by atoms with Crippen LogP contribution in [0.2, 0.25) is 0 Å². The molecule has 1 amide bonds. The Hall–Kier alpha value is -3.72. The van der Waals surface area contributed by atoms with Crippen LogP contribution in [0.3, 0.4) is 0 Å². The summed E-state index contributed by atoms with van der Waals surface area (Å²) in [6, 6.07) is 17.0. The summed E-state index contributed by atoms with van der Waals surface area (Å²) in [6.45, 7) is 0. The summed E-state index contributed by atoms with van der Waals surface area (Å²) in [7, 11) is -1.59. The van der Waals surface area contributed by atoms with E-state index >= 15 is 0 Å². The van der Waals surface area contributed by atoms with Crippen LogP contribution in [0.15, 0.2) is 77.7 Å². The van der Waals surface area contributed by atoms with Crippen molar-refractivity contribution in [3.8, 4) is 0 Å². The molecule has 0 fully saturated rings. The summed E-state index contributed by atoms with van der Waals surface area (Å²) in [4.78, 5) is 23.9. The second-order valence-corrected chi connectivity index (χ2v) is 8.44. The van der Waals surface area contributed by atoms with Gasteiger partial charge in [0.05, 0.1) is 23.3 Å². The molecule has 9 heteroatoms. The molecule has 7 nitrogen and oxygen atoms in total. The summed E-state index contributed by atoms with van der Waals surface area (Å²) >= 11 is 0. The molecule has 1 N–H and O–H groups in total. The van der Waals surface area contributed by atoms with Gasteiger partial charge in [0.1, 0.15) is 5.82 Å². The Morgan fingerprint density at radius 1 is 0.935 bits per heavy atom. The maximum atomic E-state index is 14.0. The van der Waals surface area contributed by atoms with Crippen LogP contribution in [0, 0.1) is 5.82 Å². The molecule has 0 bridgehead atoms. The number of esters is 1. The molecule has 0 aliphatic heterocycles. The van der Waals surface area contributed by atoms with Crippen molar-refractivity contribution < 1.29 is 27.1 Å². The Morgan fingerprint density at radius 2 is 1.61 bits per heavy atom. The number of carbonyl (C=O) groups excluding carboxylic acids is 2. The van der Waals surface area contributed by atoms with Crippen LogP contribution in [0.5, 0.6) is 0 Å². The highest BCUT2D eigenvalue weighted by Crippen LogP contribution is 2.25. The molecule has 0 aliphatic rings. The van der Waals surface area contributed by atoms with Gasteiger partial charge in [-0.15, -0.1) is 0 Å². The van der Waals surface area contributed by atoms with Gasteiger partial charge in [-0.1, -0.05) is 18.2 Å². The van der Waals surface area contributed by atoms with E-state index in [1.807, 2.05) is 0 Å². The number of benzene rings is 3. The van der Waals surface area contributed by atoms with Gasteiger partial charge in [-0.2, -0.15) is 0 Å². The first-order valence-corrected chi connectivity index (χ1v) is 10.5. The van der Waals surface area contributed by atoms with E-state index in [9.17, 15) is 22.4 Å². The van der Waals surface area contributed by atoms with E-state index in [4.69, 9.17) is 0 Å². The molecule has 0 unspecified atom stereocenters. The van der Waals surface area contributed by atoms with Gasteiger partial charge in [0, 0.05) is 18.3 Å². The number of rotatable bonds is 6. The first-order valence-electron chi connectivity index (χ1n) is 9.07. The monoisotopic (exact) mass is 442 g/mol. The fourth-order valence-corrected chi connectivity index (χ4v) is 4.05. The number of hydrogen-bond acceptors (Lipinski definition) is 5. The standard InChI is InChI=1S/C22H19FN2O5S/c1-25(20-9-4-3-8-19(20)23)31(28,29)18-7-5-6-16(14-18)21(26)24-17-12-10-15(11-13-17)22(27)30-2/h3-14H,1-2H3,(H,24,26). The van der Waals surface area contributed by atoms with E-state index in [0.29, 0.717) is 11.3 Å². The Bertz CT molecular complexity index is 1230. The third kappa shape index (κ3) is 4.72. The van der Waals surface area contributed by atoms with Crippen molar-refractivity contribution in [1.82, 2.24) is 0 Å². The highest BCUT2D eigenvalue weighted by molar-refractivity contribution is 7.92. The number of anilines is 2. The van der Waals surface area contributed by atoms with Crippen molar-refractivity contribution in [2.45, 2.75) is 4.90 Å². The van der Waals surface area contributed by atoms with Crippen LogP contribution in [0.1, 0.15) is 20.7 Å². The lowest BCUT2D eigenvalue weighted by molar-refractivity contribution is 0.0600. The lowest BCUT2D eigenvalue weighted by Gasteiger charge is -2.20. The van der Waals surface area contributed by atoms with E-state index < -0.39 is 27.7 Å². The zero-order valence-corrected chi connectivity index (χ0v) is 17.5. The molecule has 0 aromatic heterocycles. The van der Waals surface area contributed by atoms with Crippen LogP contribution in [0.25, 0.3) is 0 Å². The maximum Gasteiger partial charge on any atom is 0.337 e. The fraction of sp³-hybridized carbons (Fsp3) is 0.0909. The van der Waals surface area contributed by atoms with E-state index in [2.05, 4.69) is 10.1 Å². The second kappa shape index (κ2) is 8.97. The summed E-state index contributed by atoms with van der Waals surface area (Å²) in [6.07, 6.45) is 0. The molecule has 0 heterocycles. The van der Waals surface area contributed by atoms with E-state index in [1.54, 1.807) is 0 Å². The van der Waals surface area contributed by atoms with Crippen molar-refractivity contribution in [2.75, 3.05) is 23.8 Å². The third-order valence-electron chi connectivity index (χ3n) is 4.51. The summed E-state index contributed by atoms with van der Waals surface area (Å²) in [5.74, 6) is -1.73. The number of carbonyl (C=O) groups is 2. The molecule has 0 aliphatic carbocycles. The predicted molar refractivity (Wildman–Crippen MR) is 114 cm³/mol. The molecule has 3 aromatic carbocycles. The van der Waals surface area contributed by atoms with Crippen molar-refractivity contribution in [3.63, 3.8) is 0 Å². The maximum absolute atomic E-state index is 14.0. The van der Waals surface area contributed by atoms with Gasteiger partial charge in [-0.05, 0) is 54.6 Å². The van der Waals surface area contributed by atoms with Gasteiger partial charge in [0.15, 0.2) is 0 Å². The highest BCUT2D eigenvalue weighted by atomic mass is 32.2. The quantitative estimate of drug-likeness (QED) is 0.588. The number of hydrogen-bond donors (Lipinski definition) is 1. The van der Waals surface area contributed by atoms with Crippen molar-refractivity contribution >= 4 is 33.3 Å². The largest absolute Gasteiger partial charge is 0.465 e. The van der Waals surface area contributed by atoms with Gasteiger partial charge < -0.3 is 10.1 Å². The molecule has 0 atom stereocenters. The number of nitrogens with zero attached hydrogens (tertiary/aromatic N) is 1. The molecular formula is C22H19FN2O5S. The predicted octanol–water partition coefficient (Wildman–Crippen LogP) is 3.69. The van der Waals surface area contributed by atoms with Crippen LogP contribution in [-0.4, -0.2) is 34.5 Å². The van der Waals surface area contributed by atoms with Crippen LogP contribution < -0.4 is 9.62 Å². The normalized spacial score (nSPS) is 10.9. The van der Waals surface area contributed by atoms with E-state index in [0.717, 1.165) is 10.4 Å². The summed E-state index contributed by atoms with van der Waals surface area (Å²) < 4.78 is 45.3. The van der Waals surface area contributed by atoms with Gasteiger partial charge in [0.2, 0.25) is 0 Å². The van der Waals surface area contributed by atoms with Crippen molar-refractivity contribution in [3.05, 3.63) is 89.7 Å². The minimum Gasteiger partial charge on any atom is -0.465 e. The van der Waals surface area contributed by atoms with Crippen molar-refractivity contribution in [1.29, 1.82) is 0 Å². The molecule has 0 saturated carbocycles. The number of nitrogens with one attached hydrogen (secondary N) is 1. The number of sulfonamides is 1. The molecule has 3 aromatic rings. The number of para-hydroxylation sites is 1. The molecular weight excluding hydrogens is 423 g/mol. The minimum atomic E-state index is -4.10. The lowest BCUT2D eigenvalue weighted by atomic mass is 10.2. The Morgan fingerprint density at radius 3 is 2.26 bits per heavy atom. The SMILES string of the molecule is COC(=O)c1ccc(NC(=O)c2cccc(S(=O)(=O)N(C)c3ccccc3F)c2)cc1. The average molecular weight is 442 g/mol. The van der Waals surface area contributed by atoms with Gasteiger partial charge in [-0.3, -0.25) is 9.10 Å². The van der Waals surface area contributed by atoms with E-state index in [1.165, 1.54) is 80.9 Å². The molecule has 31 heavy (non-hydrogen) atoms. The van der Waals surface area contributed by atoms with Crippen molar-refractivity contribution in [2.24, 2.45) is 0 Å². The molecule has 160 valence electrons. The fourth-order valence-electron chi connectivity index (χ4n) is 2.80. The van der Waals surface area contributed by atoms with Gasteiger partial charge >= 0.3 is 5.97 Å². The molecule has 0 spiro atoms. The molecule has 3 rings (SSSR count). The first-order chi connectivity index (χ1) is 14.7. The lowest BCUT2D eigenvalue weighted by Crippen LogP contribution is -2.27. The number of methoxy groups -OCH3 is 1. The number of ether oxygens (including phenoxy) is 1. The topological polar surface area (TPSA) is 92.8 Å². The van der Waals surface area contributed by atoms with Gasteiger partial charge in [-0.25, -0.2) is 17.6 Å². The summed E-state index contributed by atoms with van der Waals surface area (Å²) in [5, 5.41) is 2.63. The Balaban J connectivity index is 1.83. The summed E-state index contributed by atoms with van der Waals surface area (Å²) in [5.41, 5.74) is 0.724. The Kier molecular flexibility index (Phi) is 6.36. The smallest absolute Gasteiger partial charge is 0.337 e. The third-order valence-corrected chi connectivity index (χ3v) is 6.28. The molecule has 0 saturated heterocycles. The molecule has 0 radical (unpaired) electrons. The van der Waals surface area contributed by atoms with Crippen LogP contribution in [0.4, 0.5) is 15.8 Å². The minimum absolute atomic E-state index is 0.0973. The van der Waals surface area contributed by atoms with Crippen LogP contribution >= 0.6 is 0 Å². The highest BCUT2D eigenvalue weighted by Gasteiger charge is 2.24. The van der Waals surface area contributed by atoms with Crippen LogP contribution in [-0.2, 0) is 14.8 Å². The zero-order chi connectivity index (χ0) is 22.6.